The Hall–Kier alpha value is -4.85. The van der Waals surface area contributed by atoms with Gasteiger partial charge in [-0.05, 0) is 36.8 Å². The predicted octanol–water partition coefficient (Wildman–Crippen LogP) is 3.60. The van der Waals surface area contributed by atoms with Gasteiger partial charge in [0.05, 0.1) is 11.1 Å². The third kappa shape index (κ3) is 5.75. The van der Waals surface area contributed by atoms with Gasteiger partial charge in [-0.3, -0.25) is 14.4 Å². The first-order valence-corrected chi connectivity index (χ1v) is 10.9. The van der Waals surface area contributed by atoms with E-state index in [9.17, 15) is 14.4 Å². The average Bonchev–Trinajstić information content (AvgIpc) is 2.91. The second-order valence-corrected chi connectivity index (χ2v) is 7.73. The molecular formula is C27H23N5O3. The molecule has 3 aromatic carbocycles. The molecule has 35 heavy (non-hydrogen) atoms. The minimum atomic E-state index is -1.21. The van der Waals surface area contributed by atoms with E-state index in [1.807, 2.05) is 36.4 Å². The number of hydrogen-bond acceptors (Lipinski definition) is 5. The topological polar surface area (TPSA) is 116 Å². The molecule has 0 saturated heterocycles. The zero-order valence-corrected chi connectivity index (χ0v) is 18.9. The van der Waals surface area contributed by atoms with E-state index in [0.717, 1.165) is 5.56 Å². The highest BCUT2D eigenvalue weighted by atomic mass is 16.2. The molecule has 8 nitrogen and oxygen atoms in total. The lowest BCUT2D eigenvalue weighted by atomic mass is 10.0. The molecule has 4 rings (SSSR count). The largest absolute Gasteiger partial charge is 0.335 e. The third-order valence-electron chi connectivity index (χ3n) is 5.23. The van der Waals surface area contributed by atoms with Crippen molar-refractivity contribution in [2.75, 3.05) is 0 Å². The highest BCUT2D eigenvalue weighted by molar-refractivity contribution is 6.00. The van der Waals surface area contributed by atoms with Gasteiger partial charge in [0.1, 0.15) is 5.69 Å². The van der Waals surface area contributed by atoms with E-state index in [1.165, 1.54) is 0 Å². The van der Waals surface area contributed by atoms with Crippen molar-refractivity contribution in [2.45, 2.75) is 13.0 Å². The second kappa shape index (κ2) is 10.8. The van der Waals surface area contributed by atoms with Crippen molar-refractivity contribution >= 4 is 34.4 Å². The summed E-state index contributed by atoms with van der Waals surface area (Å²) in [6.45, 7) is 1.74. The van der Waals surface area contributed by atoms with E-state index < -0.39 is 23.4 Å². The van der Waals surface area contributed by atoms with Gasteiger partial charge in [-0.15, -0.1) is 0 Å². The first kappa shape index (κ1) is 23.3. The lowest BCUT2D eigenvalue weighted by Gasteiger charge is -2.18. The fraction of sp³-hybridized carbons (Fsp3) is 0.0741. The summed E-state index contributed by atoms with van der Waals surface area (Å²) in [4.78, 5) is 38.4. The Kier molecular flexibility index (Phi) is 7.22. The Morgan fingerprint density at radius 1 is 0.914 bits per heavy atom. The van der Waals surface area contributed by atoms with E-state index in [1.54, 1.807) is 67.6 Å². The van der Waals surface area contributed by atoms with E-state index in [0.29, 0.717) is 22.0 Å². The van der Waals surface area contributed by atoms with Crippen LogP contribution in [0, 0.1) is 0 Å². The van der Waals surface area contributed by atoms with Gasteiger partial charge in [0.2, 0.25) is 0 Å². The highest BCUT2D eigenvalue weighted by Crippen LogP contribution is 2.20. The molecule has 1 atom stereocenters. The SMILES string of the molecule is CC(/C=C/c1ccccc1)=N/NC(=O)[C@H](NC(=O)c1ccccc1)c1n[nH]c(=O)c2ccccc12. The number of carbonyl (C=O) groups is 2. The van der Waals surface area contributed by atoms with Gasteiger partial charge in [-0.2, -0.15) is 10.2 Å². The fourth-order valence-corrected chi connectivity index (χ4v) is 3.44. The maximum absolute atomic E-state index is 13.2. The van der Waals surface area contributed by atoms with Gasteiger partial charge in [0.25, 0.3) is 17.4 Å². The first-order chi connectivity index (χ1) is 17.0. The number of allylic oxidation sites excluding steroid dienone is 1. The van der Waals surface area contributed by atoms with Gasteiger partial charge in [-0.1, -0.05) is 72.8 Å². The summed E-state index contributed by atoms with van der Waals surface area (Å²) in [6, 6.07) is 23.7. The van der Waals surface area contributed by atoms with Crippen LogP contribution in [-0.4, -0.2) is 27.7 Å². The maximum atomic E-state index is 13.2. The van der Waals surface area contributed by atoms with E-state index in [2.05, 4.69) is 26.0 Å². The van der Waals surface area contributed by atoms with Gasteiger partial charge < -0.3 is 5.32 Å². The molecule has 3 N–H and O–H groups in total. The number of amides is 2. The summed E-state index contributed by atoms with van der Waals surface area (Å²) in [6.07, 6.45) is 3.64. The zero-order valence-electron chi connectivity index (χ0n) is 18.9. The summed E-state index contributed by atoms with van der Waals surface area (Å²) >= 11 is 0. The van der Waals surface area contributed by atoms with Gasteiger partial charge >= 0.3 is 0 Å². The first-order valence-electron chi connectivity index (χ1n) is 10.9. The zero-order chi connectivity index (χ0) is 24.6. The Morgan fingerprint density at radius 3 is 2.26 bits per heavy atom. The van der Waals surface area contributed by atoms with Crippen LogP contribution in [0.4, 0.5) is 0 Å². The summed E-state index contributed by atoms with van der Waals surface area (Å²) < 4.78 is 0. The van der Waals surface area contributed by atoms with Crippen LogP contribution in [0.5, 0.6) is 0 Å². The van der Waals surface area contributed by atoms with Crippen molar-refractivity contribution in [3.8, 4) is 0 Å². The minimum absolute atomic E-state index is 0.203. The molecule has 0 radical (unpaired) electrons. The Morgan fingerprint density at radius 2 is 1.54 bits per heavy atom. The Bertz CT molecular complexity index is 1460. The standard InChI is InChI=1S/C27H23N5O3/c1-18(16-17-19-10-4-2-5-11-19)29-32-27(35)24(28-25(33)20-12-6-3-7-13-20)23-21-14-8-9-15-22(21)26(34)31-30-23/h2-17,24H,1H3,(H,28,33)(H,31,34)(H,32,35)/b17-16+,29-18-/t24-/m1/s1. The summed E-state index contributed by atoms with van der Waals surface area (Å²) in [5, 5.41) is 14.2. The van der Waals surface area contributed by atoms with Crippen LogP contribution >= 0.6 is 0 Å². The van der Waals surface area contributed by atoms with Gasteiger partial charge in [-0.25, -0.2) is 10.5 Å². The van der Waals surface area contributed by atoms with Crippen LogP contribution in [0.2, 0.25) is 0 Å². The predicted molar refractivity (Wildman–Crippen MR) is 136 cm³/mol. The number of aromatic amines is 1. The molecule has 2 amide bonds. The van der Waals surface area contributed by atoms with Crippen molar-refractivity contribution < 1.29 is 9.59 Å². The number of carbonyl (C=O) groups excluding carboxylic acids is 2. The van der Waals surface area contributed by atoms with Crippen LogP contribution in [0.15, 0.2) is 101 Å². The molecule has 1 heterocycles. The number of hydrazone groups is 1. The molecule has 0 aliphatic carbocycles. The molecule has 8 heteroatoms. The molecule has 1 aromatic heterocycles. The number of hydrogen-bond donors (Lipinski definition) is 3. The van der Waals surface area contributed by atoms with Crippen LogP contribution in [0.3, 0.4) is 0 Å². The summed E-state index contributed by atoms with van der Waals surface area (Å²) in [5.41, 5.74) is 4.24. The van der Waals surface area contributed by atoms with Crippen LogP contribution in [0.1, 0.15) is 34.6 Å². The van der Waals surface area contributed by atoms with Gasteiger partial charge in [0.15, 0.2) is 6.04 Å². The molecule has 0 aliphatic rings. The second-order valence-electron chi connectivity index (χ2n) is 7.73. The molecule has 0 saturated carbocycles. The maximum Gasteiger partial charge on any atom is 0.272 e. The van der Waals surface area contributed by atoms with Crippen molar-refractivity contribution in [3.63, 3.8) is 0 Å². The minimum Gasteiger partial charge on any atom is -0.335 e. The number of rotatable bonds is 7. The molecule has 0 unspecified atom stereocenters. The molecule has 4 aromatic rings. The third-order valence-corrected chi connectivity index (χ3v) is 5.23. The fourth-order valence-electron chi connectivity index (χ4n) is 3.44. The normalized spacial score (nSPS) is 12.4. The van der Waals surface area contributed by atoms with Crippen LogP contribution in [-0.2, 0) is 4.79 Å². The number of aromatic nitrogens is 2. The molecule has 0 bridgehead atoms. The highest BCUT2D eigenvalue weighted by Gasteiger charge is 2.27. The summed E-state index contributed by atoms with van der Waals surface area (Å²) in [5.74, 6) is -1.07. The number of nitrogens with one attached hydrogen (secondary N) is 3. The molecular weight excluding hydrogens is 442 g/mol. The monoisotopic (exact) mass is 465 g/mol. The van der Waals surface area contributed by atoms with Crippen molar-refractivity contribution in [2.24, 2.45) is 5.10 Å². The van der Waals surface area contributed by atoms with E-state index in [-0.39, 0.29) is 5.69 Å². The van der Waals surface area contributed by atoms with Crippen LogP contribution in [0.25, 0.3) is 16.8 Å². The molecule has 0 fully saturated rings. The number of fused-ring (bicyclic) bond motifs is 1. The quantitative estimate of drug-likeness (QED) is 0.286. The smallest absolute Gasteiger partial charge is 0.272 e. The van der Waals surface area contributed by atoms with Crippen molar-refractivity contribution in [1.82, 2.24) is 20.9 Å². The van der Waals surface area contributed by atoms with Gasteiger partial charge in [0, 0.05) is 10.9 Å². The number of nitrogens with zero attached hydrogens (tertiary/aromatic N) is 2. The van der Waals surface area contributed by atoms with Crippen LogP contribution < -0.4 is 16.3 Å². The van der Waals surface area contributed by atoms with Crippen molar-refractivity contribution in [3.05, 3.63) is 118 Å². The van der Waals surface area contributed by atoms with E-state index in [4.69, 9.17) is 0 Å². The lowest BCUT2D eigenvalue weighted by molar-refractivity contribution is -0.123. The average molecular weight is 466 g/mol. The number of benzene rings is 3. The molecule has 0 aliphatic heterocycles. The molecule has 0 spiro atoms. The van der Waals surface area contributed by atoms with E-state index >= 15 is 0 Å². The Balaban J connectivity index is 1.63. The summed E-state index contributed by atoms with van der Waals surface area (Å²) in [7, 11) is 0. The molecule has 174 valence electrons. The Labute approximate surface area is 201 Å². The lowest BCUT2D eigenvalue weighted by Crippen LogP contribution is -2.40. The number of H-pyrrole nitrogens is 1. The van der Waals surface area contributed by atoms with Crippen molar-refractivity contribution in [1.29, 1.82) is 0 Å².